The number of hydrogen-bond donors (Lipinski definition) is 1. The molecule has 2 atom stereocenters. The van der Waals surface area contributed by atoms with E-state index in [2.05, 4.69) is 17.3 Å². The van der Waals surface area contributed by atoms with Crippen molar-refractivity contribution in [3.63, 3.8) is 0 Å². The quantitative estimate of drug-likeness (QED) is 0.755. The van der Waals surface area contributed by atoms with E-state index in [-0.39, 0.29) is 17.9 Å². The summed E-state index contributed by atoms with van der Waals surface area (Å²) in [5, 5.41) is 7.31. The lowest BCUT2D eigenvalue weighted by atomic mass is 9.99. The van der Waals surface area contributed by atoms with Gasteiger partial charge in [0.2, 0.25) is 0 Å². The van der Waals surface area contributed by atoms with Gasteiger partial charge >= 0.3 is 5.97 Å². The molecule has 0 amide bonds. The molecule has 0 spiro atoms. The fourth-order valence-corrected chi connectivity index (χ4v) is 1.67. The summed E-state index contributed by atoms with van der Waals surface area (Å²) in [4.78, 5) is 11.6. The highest BCUT2D eigenvalue weighted by Gasteiger charge is 2.24. The second-order valence-corrected chi connectivity index (χ2v) is 4.29. The van der Waals surface area contributed by atoms with Gasteiger partial charge in [-0.1, -0.05) is 20.3 Å². The summed E-state index contributed by atoms with van der Waals surface area (Å²) in [6, 6.07) is -0.259. The maximum atomic E-state index is 11.6. The Bertz CT molecular complexity index is 362. The van der Waals surface area contributed by atoms with E-state index in [1.807, 2.05) is 20.2 Å². The maximum Gasteiger partial charge on any atom is 0.323 e. The molecular weight excluding hydrogens is 218 g/mol. The molecule has 0 radical (unpaired) electrons. The molecule has 0 fully saturated rings. The van der Waals surface area contributed by atoms with Gasteiger partial charge in [0, 0.05) is 25.4 Å². The minimum Gasteiger partial charge on any atom is -0.468 e. The van der Waals surface area contributed by atoms with Crippen LogP contribution >= 0.6 is 0 Å². The van der Waals surface area contributed by atoms with Crippen molar-refractivity contribution in [1.29, 1.82) is 0 Å². The lowest BCUT2D eigenvalue weighted by molar-refractivity contribution is -0.144. The second-order valence-electron chi connectivity index (χ2n) is 4.29. The number of nitrogens with one attached hydrogen (secondary N) is 1. The van der Waals surface area contributed by atoms with Gasteiger partial charge in [-0.15, -0.1) is 0 Å². The molecule has 5 nitrogen and oxygen atoms in total. The normalized spacial score (nSPS) is 14.4. The third kappa shape index (κ3) is 3.85. The van der Waals surface area contributed by atoms with E-state index in [0.717, 1.165) is 12.0 Å². The largest absolute Gasteiger partial charge is 0.468 e. The number of methoxy groups -OCH3 is 1. The van der Waals surface area contributed by atoms with Crippen molar-refractivity contribution in [2.45, 2.75) is 32.9 Å². The van der Waals surface area contributed by atoms with Crippen LogP contribution in [0.4, 0.5) is 0 Å². The summed E-state index contributed by atoms with van der Waals surface area (Å²) >= 11 is 0. The molecule has 1 heterocycles. The Balaban J connectivity index is 2.57. The van der Waals surface area contributed by atoms with Gasteiger partial charge in [-0.2, -0.15) is 5.10 Å². The van der Waals surface area contributed by atoms with Crippen LogP contribution in [0.5, 0.6) is 0 Å². The average Bonchev–Trinajstić information content (AvgIpc) is 2.74. The summed E-state index contributed by atoms with van der Waals surface area (Å²) in [6.45, 7) is 4.72. The SMILES string of the molecule is CCC(C)C(NCc1cnn(C)c1)C(=O)OC. The standard InChI is InChI=1S/C12H21N3O2/c1-5-9(2)11(12(16)17-4)13-6-10-7-14-15(3)8-10/h7-9,11,13H,5-6H2,1-4H3. The summed E-state index contributed by atoms with van der Waals surface area (Å²) in [5.41, 5.74) is 1.06. The van der Waals surface area contributed by atoms with E-state index in [4.69, 9.17) is 4.74 Å². The molecule has 1 rings (SSSR count). The predicted molar refractivity (Wildman–Crippen MR) is 65.3 cm³/mol. The van der Waals surface area contributed by atoms with Crippen LogP contribution in [0, 0.1) is 5.92 Å². The van der Waals surface area contributed by atoms with E-state index in [1.165, 1.54) is 7.11 Å². The van der Waals surface area contributed by atoms with Gasteiger partial charge in [-0.3, -0.25) is 14.8 Å². The van der Waals surface area contributed by atoms with Crippen molar-refractivity contribution < 1.29 is 9.53 Å². The van der Waals surface area contributed by atoms with E-state index in [9.17, 15) is 4.79 Å². The number of carbonyl (C=O) groups is 1. The van der Waals surface area contributed by atoms with Gasteiger partial charge in [0.1, 0.15) is 6.04 Å². The fraction of sp³-hybridized carbons (Fsp3) is 0.667. The van der Waals surface area contributed by atoms with Crippen molar-refractivity contribution in [1.82, 2.24) is 15.1 Å². The smallest absolute Gasteiger partial charge is 0.323 e. The summed E-state index contributed by atoms with van der Waals surface area (Å²) in [7, 11) is 3.29. The van der Waals surface area contributed by atoms with Gasteiger partial charge < -0.3 is 4.74 Å². The lowest BCUT2D eigenvalue weighted by Crippen LogP contribution is -2.42. The van der Waals surface area contributed by atoms with Crippen LogP contribution in [0.1, 0.15) is 25.8 Å². The average molecular weight is 239 g/mol. The van der Waals surface area contributed by atoms with Crippen LogP contribution in [0.25, 0.3) is 0 Å². The van der Waals surface area contributed by atoms with Crippen LogP contribution in [-0.4, -0.2) is 28.9 Å². The van der Waals surface area contributed by atoms with Crippen LogP contribution in [-0.2, 0) is 23.1 Å². The van der Waals surface area contributed by atoms with Crippen molar-refractivity contribution in [3.8, 4) is 0 Å². The number of aryl methyl sites for hydroxylation is 1. The maximum absolute atomic E-state index is 11.6. The molecule has 1 aromatic heterocycles. The van der Waals surface area contributed by atoms with Crippen molar-refractivity contribution >= 4 is 5.97 Å². The Labute approximate surface area is 102 Å². The molecule has 0 aliphatic rings. The molecule has 1 aromatic rings. The molecule has 0 aliphatic carbocycles. The number of hydrogen-bond acceptors (Lipinski definition) is 4. The van der Waals surface area contributed by atoms with Gasteiger partial charge in [0.05, 0.1) is 13.3 Å². The third-order valence-corrected chi connectivity index (χ3v) is 2.95. The van der Waals surface area contributed by atoms with Crippen LogP contribution < -0.4 is 5.32 Å². The molecule has 5 heteroatoms. The van der Waals surface area contributed by atoms with Crippen molar-refractivity contribution in [3.05, 3.63) is 18.0 Å². The molecule has 1 N–H and O–H groups in total. The highest BCUT2D eigenvalue weighted by atomic mass is 16.5. The first-order chi connectivity index (χ1) is 8.08. The first-order valence-corrected chi connectivity index (χ1v) is 5.87. The zero-order valence-electron chi connectivity index (χ0n) is 10.9. The van der Waals surface area contributed by atoms with E-state index >= 15 is 0 Å². The van der Waals surface area contributed by atoms with Gasteiger partial charge in [0.15, 0.2) is 0 Å². The molecule has 0 bridgehead atoms. The molecule has 0 saturated carbocycles. The number of esters is 1. The number of rotatable bonds is 6. The highest BCUT2D eigenvalue weighted by Crippen LogP contribution is 2.10. The fourth-order valence-electron chi connectivity index (χ4n) is 1.67. The summed E-state index contributed by atoms with van der Waals surface area (Å²) < 4.78 is 6.55. The number of ether oxygens (including phenoxy) is 1. The minimum absolute atomic E-state index is 0.205. The minimum atomic E-state index is -0.259. The topological polar surface area (TPSA) is 56.2 Å². The van der Waals surface area contributed by atoms with Crippen molar-refractivity contribution in [2.24, 2.45) is 13.0 Å². The molecule has 0 aliphatic heterocycles. The Morgan fingerprint density at radius 1 is 1.65 bits per heavy atom. The van der Waals surface area contributed by atoms with Crippen LogP contribution in [0.2, 0.25) is 0 Å². The molecule has 96 valence electrons. The van der Waals surface area contributed by atoms with Crippen LogP contribution in [0.3, 0.4) is 0 Å². The van der Waals surface area contributed by atoms with E-state index in [0.29, 0.717) is 6.54 Å². The molecule has 17 heavy (non-hydrogen) atoms. The number of nitrogens with zero attached hydrogens (tertiary/aromatic N) is 2. The Morgan fingerprint density at radius 3 is 2.82 bits per heavy atom. The van der Waals surface area contributed by atoms with E-state index in [1.54, 1.807) is 10.9 Å². The molecular formula is C12H21N3O2. The zero-order chi connectivity index (χ0) is 12.8. The van der Waals surface area contributed by atoms with Gasteiger partial charge in [0.25, 0.3) is 0 Å². The Kier molecular flexibility index (Phi) is 5.15. The van der Waals surface area contributed by atoms with Gasteiger partial charge in [-0.25, -0.2) is 0 Å². The van der Waals surface area contributed by atoms with Gasteiger partial charge in [-0.05, 0) is 5.92 Å². The second kappa shape index (κ2) is 6.39. The molecule has 2 unspecified atom stereocenters. The zero-order valence-corrected chi connectivity index (χ0v) is 10.9. The predicted octanol–water partition coefficient (Wildman–Crippen LogP) is 1.10. The summed E-state index contributed by atoms with van der Waals surface area (Å²) in [6.07, 6.45) is 4.65. The Hall–Kier alpha value is -1.36. The molecule has 0 aromatic carbocycles. The Morgan fingerprint density at radius 2 is 2.35 bits per heavy atom. The van der Waals surface area contributed by atoms with E-state index < -0.39 is 0 Å². The molecule has 0 saturated heterocycles. The first kappa shape index (κ1) is 13.7. The van der Waals surface area contributed by atoms with Crippen LogP contribution in [0.15, 0.2) is 12.4 Å². The number of carbonyl (C=O) groups excluding carboxylic acids is 1. The number of aromatic nitrogens is 2. The first-order valence-electron chi connectivity index (χ1n) is 5.87. The summed E-state index contributed by atoms with van der Waals surface area (Å²) in [5.74, 6) is 0.0439. The van der Waals surface area contributed by atoms with Crippen molar-refractivity contribution in [2.75, 3.05) is 7.11 Å². The lowest BCUT2D eigenvalue weighted by Gasteiger charge is -2.21. The third-order valence-electron chi connectivity index (χ3n) is 2.95. The highest BCUT2D eigenvalue weighted by molar-refractivity contribution is 5.75. The monoisotopic (exact) mass is 239 g/mol.